The molecule has 2 aromatic carbocycles. The molecule has 19 N–H and O–H groups in total. The highest BCUT2D eigenvalue weighted by Crippen LogP contribution is 2.19. The first-order valence-electron chi connectivity index (χ1n) is 23.4. The van der Waals surface area contributed by atoms with E-state index in [1.54, 1.807) is 50.4 Å². The van der Waals surface area contributed by atoms with E-state index >= 15 is 0 Å². The Labute approximate surface area is 411 Å². The number of hydrogen-bond acceptors (Lipinski definition) is 12. The molecule has 0 saturated carbocycles. The van der Waals surface area contributed by atoms with Crippen molar-refractivity contribution in [1.29, 1.82) is 0 Å². The molecule has 384 valence electrons. The Morgan fingerprint density at radius 2 is 1.24 bits per heavy atom. The summed E-state index contributed by atoms with van der Waals surface area (Å²) in [5.41, 5.74) is 31.1. The second-order valence-corrected chi connectivity index (χ2v) is 17.3. The molecule has 8 amide bonds. The van der Waals surface area contributed by atoms with Crippen LogP contribution in [0, 0.1) is 5.92 Å². The lowest BCUT2D eigenvalue weighted by atomic mass is 10.0. The molecule has 0 unspecified atom stereocenters. The highest BCUT2D eigenvalue weighted by Gasteiger charge is 2.32. The number of rotatable bonds is 30. The van der Waals surface area contributed by atoms with Crippen molar-refractivity contribution in [3.63, 3.8) is 0 Å². The molecule has 6 atom stereocenters. The number of guanidine groups is 1. The molecule has 0 saturated heterocycles. The van der Waals surface area contributed by atoms with Gasteiger partial charge in [-0.1, -0.05) is 62.4 Å². The van der Waals surface area contributed by atoms with Crippen molar-refractivity contribution in [1.82, 2.24) is 52.2 Å². The van der Waals surface area contributed by atoms with Crippen LogP contribution in [0.1, 0.15) is 62.8 Å². The monoisotopic (exact) mass is 985 g/mol. The van der Waals surface area contributed by atoms with Gasteiger partial charge in [-0.15, -0.1) is 0 Å². The second kappa shape index (κ2) is 28.6. The number of imidazole rings is 1. The van der Waals surface area contributed by atoms with E-state index in [4.69, 9.17) is 28.7 Å². The van der Waals surface area contributed by atoms with Crippen molar-refractivity contribution in [2.75, 3.05) is 26.2 Å². The minimum absolute atomic E-state index is 0.0117. The van der Waals surface area contributed by atoms with Crippen molar-refractivity contribution in [3.05, 3.63) is 90.1 Å². The van der Waals surface area contributed by atoms with Crippen molar-refractivity contribution in [2.24, 2.45) is 39.6 Å². The summed E-state index contributed by atoms with van der Waals surface area (Å²) in [6.45, 7) is 2.67. The number of aromatic amines is 2. The van der Waals surface area contributed by atoms with Gasteiger partial charge >= 0.3 is 0 Å². The van der Waals surface area contributed by atoms with Gasteiger partial charge in [0.05, 0.1) is 25.5 Å². The summed E-state index contributed by atoms with van der Waals surface area (Å²) in [6, 6.07) is 9.23. The highest BCUT2D eigenvalue weighted by atomic mass is 16.2. The predicted octanol–water partition coefficient (Wildman–Crippen LogP) is -2.77. The number of hydrogen-bond donors (Lipinski definition) is 14. The van der Waals surface area contributed by atoms with Gasteiger partial charge in [-0.25, -0.2) is 4.98 Å². The number of amides is 8. The van der Waals surface area contributed by atoms with Gasteiger partial charge in [0.15, 0.2) is 5.96 Å². The van der Waals surface area contributed by atoms with E-state index in [2.05, 4.69) is 57.2 Å². The third kappa shape index (κ3) is 18.9. The Morgan fingerprint density at radius 3 is 1.89 bits per heavy atom. The Kier molecular flexibility index (Phi) is 22.4. The average molecular weight is 985 g/mol. The highest BCUT2D eigenvalue weighted by molar-refractivity contribution is 5.97. The third-order valence-corrected chi connectivity index (χ3v) is 11.3. The Hall–Kier alpha value is -7.86. The van der Waals surface area contributed by atoms with E-state index in [-0.39, 0.29) is 56.9 Å². The maximum absolute atomic E-state index is 14.4. The van der Waals surface area contributed by atoms with Crippen LogP contribution in [0.3, 0.4) is 0 Å². The first-order valence-corrected chi connectivity index (χ1v) is 23.4. The maximum atomic E-state index is 14.4. The molecule has 4 rings (SSSR count). The fourth-order valence-electron chi connectivity index (χ4n) is 7.49. The molecule has 0 aliphatic rings. The van der Waals surface area contributed by atoms with Crippen LogP contribution in [0.2, 0.25) is 0 Å². The van der Waals surface area contributed by atoms with E-state index in [0.717, 1.165) is 10.9 Å². The molecule has 0 fully saturated rings. The van der Waals surface area contributed by atoms with Crippen LogP contribution < -0.4 is 65.9 Å². The summed E-state index contributed by atoms with van der Waals surface area (Å²) in [7, 11) is 0. The van der Waals surface area contributed by atoms with Gasteiger partial charge < -0.3 is 75.9 Å². The van der Waals surface area contributed by atoms with Crippen molar-refractivity contribution < 1.29 is 38.4 Å². The zero-order valence-electron chi connectivity index (χ0n) is 40.0. The summed E-state index contributed by atoms with van der Waals surface area (Å²) in [4.78, 5) is 121. The quantitative estimate of drug-likeness (QED) is 0.0143. The molecule has 24 heteroatoms. The minimum atomic E-state index is -1.33. The molecule has 24 nitrogen and oxygen atoms in total. The number of carbonyl (C=O) groups excluding carboxylic acids is 8. The van der Waals surface area contributed by atoms with Gasteiger partial charge in [-0.05, 0) is 61.8 Å². The van der Waals surface area contributed by atoms with Crippen molar-refractivity contribution >= 4 is 64.1 Å². The summed E-state index contributed by atoms with van der Waals surface area (Å²) in [5.74, 6) is -6.26. The van der Waals surface area contributed by atoms with Crippen LogP contribution in [0.15, 0.2) is 78.3 Å². The van der Waals surface area contributed by atoms with Gasteiger partial charge in [0, 0.05) is 54.8 Å². The predicted molar refractivity (Wildman–Crippen MR) is 265 cm³/mol. The van der Waals surface area contributed by atoms with Gasteiger partial charge in [0.1, 0.15) is 30.2 Å². The number of nitrogens with one attached hydrogen (secondary N) is 9. The lowest BCUT2D eigenvalue weighted by Gasteiger charge is -2.26. The van der Waals surface area contributed by atoms with Crippen LogP contribution in [-0.2, 0) is 57.6 Å². The zero-order chi connectivity index (χ0) is 51.9. The maximum Gasteiger partial charge on any atom is 0.243 e. The topological polar surface area (TPSA) is 408 Å². The third-order valence-electron chi connectivity index (χ3n) is 11.3. The number of fused-ring (bicyclic) bond motifs is 1. The molecule has 0 spiro atoms. The summed E-state index contributed by atoms with van der Waals surface area (Å²) >= 11 is 0. The van der Waals surface area contributed by atoms with Crippen LogP contribution in [0.5, 0.6) is 0 Å². The number of nitrogens with zero attached hydrogens (tertiary/aromatic N) is 2. The first-order chi connectivity index (χ1) is 33.9. The van der Waals surface area contributed by atoms with Crippen LogP contribution in [0.4, 0.5) is 0 Å². The van der Waals surface area contributed by atoms with E-state index in [1.807, 2.05) is 24.3 Å². The number of H-pyrrole nitrogens is 2. The van der Waals surface area contributed by atoms with Crippen LogP contribution in [0.25, 0.3) is 10.9 Å². The number of aliphatic imine (C=N–C) groups is 1. The largest absolute Gasteiger partial charge is 0.370 e. The van der Waals surface area contributed by atoms with Crippen LogP contribution >= 0.6 is 0 Å². The lowest BCUT2D eigenvalue weighted by molar-refractivity contribution is -0.134. The van der Waals surface area contributed by atoms with E-state index in [9.17, 15) is 38.4 Å². The second-order valence-electron chi connectivity index (χ2n) is 17.3. The summed E-state index contributed by atoms with van der Waals surface area (Å²) in [5, 5.41) is 19.1. The van der Waals surface area contributed by atoms with Crippen molar-refractivity contribution in [2.45, 2.75) is 101 Å². The fourth-order valence-corrected chi connectivity index (χ4v) is 7.49. The number of benzene rings is 2. The normalized spacial score (nSPS) is 13.6. The van der Waals surface area contributed by atoms with Gasteiger partial charge in [0.25, 0.3) is 0 Å². The standard InChI is InChI=1S/C47H68N16O8/c1-27(2)40(41(50)66)63-39(65)25-56-43(68)34(15-8-9-17-48)59-38(64)24-57-44(69)37(20-29-22-55-33-14-7-6-13-31(29)33)62-45(70)35(16-10-18-54-47(51)52)60-46(71)36(19-28-11-4-3-5-12-28)61-42(67)32(49)21-30-23-53-26-58-30/h3-7,11-14,22-23,26-27,32,34-37,40,55H,8-10,15-21,24-25,48-49H2,1-2H3,(H2,50,66)(H,53,58)(H,56,68)(H,57,69)(H,59,64)(H,60,71)(H,61,67)(H,62,70)(H,63,65)(H4,51,52,54)/t32-,34-,35-,36-,37-,40-/m0/s1. The fraction of sp³-hybridized carbons (Fsp3) is 0.447. The molecule has 4 aromatic rings. The number of unbranched alkanes of at least 4 members (excludes halogenated alkanes) is 1. The number of nitrogens with two attached hydrogens (primary N) is 5. The van der Waals surface area contributed by atoms with Gasteiger partial charge in [-0.2, -0.15) is 0 Å². The smallest absolute Gasteiger partial charge is 0.243 e. The first kappa shape index (κ1) is 55.7. The van der Waals surface area contributed by atoms with E-state index in [1.165, 1.54) is 12.5 Å². The van der Waals surface area contributed by atoms with Gasteiger partial charge in [0.2, 0.25) is 47.3 Å². The SMILES string of the molecule is CC(C)[C@H](NC(=O)CNC(=O)[C@H](CCCCN)NC(=O)CNC(=O)[C@H](Cc1c[nH]c2ccccc12)NC(=O)[C@H](CCCN=C(N)N)NC(=O)[C@H](Cc1ccccc1)NC(=O)[C@@H](N)Cc1cnc[nH]1)C(N)=O. The Balaban J connectivity index is 1.54. The zero-order valence-corrected chi connectivity index (χ0v) is 40.0. The average Bonchev–Trinajstić information content (AvgIpc) is 4.01. The van der Waals surface area contributed by atoms with Crippen LogP contribution in [-0.4, -0.2) is 131 Å². The van der Waals surface area contributed by atoms with E-state index < -0.39 is 96.6 Å². The number of aromatic nitrogens is 3. The molecule has 2 heterocycles. The van der Waals surface area contributed by atoms with Gasteiger partial charge in [-0.3, -0.25) is 43.3 Å². The molecule has 71 heavy (non-hydrogen) atoms. The summed E-state index contributed by atoms with van der Waals surface area (Å²) in [6.07, 6.45) is 6.04. The molecule has 2 aromatic heterocycles. The molecule has 0 aliphatic carbocycles. The molecular weight excluding hydrogens is 917 g/mol. The summed E-state index contributed by atoms with van der Waals surface area (Å²) < 4.78 is 0. The number of carbonyl (C=O) groups is 8. The Bertz CT molecular complexity index is 2420. The molecule has 0 radical (unpaired) electrons. The number of primary amides is 1. The lowest BCUT2D eigenvalue weighted by Crippen LogP contribution is -2.59. The van der Waals surface area contributed by atoms with E-state index in [0.29, 0.717) is 36.2 Å². The molecular formula is C47H68N16O8. The number of para-hydroxylation sites is 1. The molecule has 0 bridgehead atoms. The molecule has 0 aliphatic heterocycles. The van der Waals surface area contributed by atoms with Crippen molar-refractivity contribution in [3.8, 4) is 0 Å². The minimum Gasteiger partial charge on any atom is -0.370 e. The Morgan fingerprint density at radius 1 is 0.648 bits per heavy atom.